The summed E-state index contributed by atoms with van der Waals surface area (Å²) in [5.41, 5.74) is 0.274. The summed E-state index contributed by atoms with van der Waals surface area (Å²) in [5.74, 6) is 1.98. The fraction of sp³-hybridized carbons (Fsp3) is 0.583. The van der Waals surface area contributed by atoms with Crippen LogP contribution in [-0.4, -0.2) is 33.5 Å². The van der Waals surface area contributed by atoms with Crippen molar-refractivity contribution < 1.29 is 14.3 Å². The zero-order valence-electron chi connectivity index (χ0n) is 17.9. The Hall–Kier alpha value is -2.70. The van der Waals surface area contributed by atoms with Crippen molar-refractivity contribution in [3.8, 4) is 0 Å². The molecule has 1 heterocycles. The number of hydrogen-bond acceptors (Lipinski definition) is 5. The van der Waals surface area contributed by atoms with Gasteiger partial charge < -0.3 is 15.0 Å². The SMILES string of the molecule is C[C@@H](OC(=O)CCc1nc2ccccc2c(=O)[nH]1)C(=O)NC12CC3CC(CC(C3)C1)C2. The number of fused-ring (bicyclic) bond motifs is 1. The van der Waals surface area contributed by atoms with Crippen LogP contribution in [0.2, 0.25) is 0 Å². The number of ether oxygens (including phenoxy) is 1. The predicted molar refractivity (Wildman–Crippen MR) is 115 cm³/mol. The first-order valence-electron chi connectivity index (χ1n) is 11.4. The van der Waals surface area contributed by atoms with Crippen LogP contribution in [0.3, 0.4) is 0 Å². The molecule has 6 rings (SSSR count). The Labute approximate surface area is 181 Å². The van der Waals surface area contributed by atoms with E-state index in [1.807, 2.05) is 6.07 Å². The lowest BCUT2D eigenvalue weighted by Gasteiger charge is -2.57. The van der Waals surface area contributed by atoms with Gasteiger partial charge in [-0.1, -0.05) is 12.1 Å². The van der Waals surface area contributed by atoms with Gasteiger partial charge in [-0.25, -0.2) is 4.98 Å². The van der Waals surface area contributed by atoms with Gasteiger partial charge in [0.25, 0.3) is 11.5 Å². The lowest BCUT2D eigenvalue weighted by atomic mass is 9.53. The van der Waals surface area contributed by atoms with E-state index in [9.17, 15) is 14.4 Å². The van der Waals surface area contributed by atoms with Gasteiger partial charge in [-0.15, -0.1) is 0 Å². The molecule has 7 nitrogen and oxygen atoms in total. The molecule has 1 atom stereocenters. The second-order valence-corrected chi connectivity index (χ2v) is 9.85. The summed E-state index contributed by atoms with van der Waals surface area (Å²) >= 11 is 0. The van der Waals surface area contributed by atoms with Crippen molar-refractivity contribution in [2.24, 2.45) is 17.8 Å². The molecular weight excluding hydrogens is 394 g/mol. The van der Waals surface area contributed by atoms with Crippen LogP contribution >= 0.6 is 0 Å². The highest BCUT2D eigenvalue weighted by molar-refractivity contribution is 5.84. The van der Waals surface area contributed by atoms with E-state index in [1.165, 1.54) is 19.3 Å². The number of nitrogens with one attached hydrogen (secondary N) is 2. The van der Waals surface area contributed by atoms with Gasteiger partial charge in [0, 0.05) is 12.0 Å². The summed E-state index contributed by atoms with van der Waals surface area (Å²) in [6, 6.07) is 7.08. The lowest BCUT2D eigenvalue weighted by Crippen LogP contribution is -2.61. The van der Waals surface area contributed by atoms with Gasteiger partial charge in [0.1, 0.15) is 5.82 Å². The summed E-state index contributed by atoms with van der Waals surface area (Å²) in [7, 11) is 0. The molecule has 4 fully saturated rings. The average Bonchev–Trinajstić information content (AvgIpc) is 2.71. The smallest absolute Gasteiger partial charge is 0.307 e. The molecular formula is C24H29N3O4. The molecule has 4 aliphatic rings. The summed E-state index contributed by atoms with van der Waals surface area (Å²) < 4.78 is 5.39. The maximum absolute atomic E-state index is 12.8. The van der Waals surface area contributed by atoms with Gasteiger partial charge in [0.2, 0.25) is 0 Å². The van der Waals surface area contributed by atoms with E-state index in [0.29, 0.717) is 16.7 Å². The van der Waals surface area contributed by atoms with E-state index in [2.05, 4.69) is 15.3 Å². The molecule has 0 radical (unpaired) electrons. The Kier molecular flexibility index (Phi) is 5.07. The van der Waals surface area contributed by atoms with Crippen LogP contribution < -0.4 is 10.9 Å². The number of H-pyrrole nitrogens is 1. The second kappa shape index (κ2) is 7.77. The Morgan fingerprint density at radius 2 is 1.81 bits per heavy atom. The van der Waals surface area contributed by atoms with Gasteiger partial charge >= 0.3 is 5.97 Å². The number of para-hydroxylation sites is 1. The minimum absolute atomic E-state index is 0.0519. The summed E-state index contributed by atoms with van der Waals surface area (Å²) in [5, 5.41) is 3.77. The normalized spacial score (nSPS) is 29.6. The number of aromatic amines is 1. The zero-order chi connectivity index (χ0) is 21.6. The minimum Gasteiger partial charge on any atom is -0.453 e. The first-order chi connectivity index (χ1) is 14.9. The molecule has 1 aromatic carbocycles. The molecule has 31 heavy (non-hydrogen) atoms. The number of benzene rings is 1. The van der Waals surface area contributed by atoms with E-state index in [-0.39, 0.29) is 29.8 Å². The molecule has 0 spiro atoms. The number of rotatable bonds is 6. The maximum atomic E-state index is 12.8. The highest BCUT2D eigenvalue weighted by atomic mass is 16.5. The molecule has 164 valence electrons. The monoisotopic (exact) mass is 423 g/mol. The molecule has 1 amide bonds. The third kappa shape index (κ3) is 4.10. The third-order valence-corrected chi connectivity index (χ3v) is 7.33. The standard InChI is InChI=1S/C24H29N3O4/c1-14(22(29)27-24-11-15-8-16(12-24)10-17(9-15)13-24)31-21(28)7-6-20-25-19-5-3-2-4-18(19)23(30)26-20/h2-5,14-17H,6-13H2,1H3,(H,27,29)(H,25,26,30)/t14-,15?,16?,17?,24?/m1/s1. The van der Waals surface area contributed by atoms with E-state index >= 15 is 0 Å². The van der Waals surface area contributed by atoms with Crippen molar-refractivity contribution in [2.75, 3.05) is 0 Å². The topological polar surface area (TPSA) is 101 Å². The fourth-order valence-electron chi connectivity index (χ4n) is 6.41. The summed E-state index contributed by atoms with van der Waals surface area (Å²) in [6.45, 7) is 1.63. The van der Waals surface area contributed by atoms with Crippen LogP contribution in [-0.2, 0) is 20.7 Å². The van der Waals surface area contributed by atoms with Crippen LogP contribution in [0.1, 0.15) is 57.7 Å². The minimum atomic E-state index is -0.830. The lowest BCUT2D eigenvalue weighted by molar-refractivity contribution is -0.156. The van der Waals surface area contributed by atoms with Crippen LogP contribution in [0.4, 0.5) is 0 Å². The van der Waals surface area contributed by atoms with E-state index in [1.54, 1.807) is 25.1 Å². The molecule has 7 heteroatoms. The predicted octanol–water partition coefficient (Wildman–Crippen LogP) is 2.87. The molecule has 2 N–H and O–H groups in total. The molecule has 0 unspecified atom stereocenters. The Morgan fingerprint density at radius 1 is 1.16 bits per heavy atom. The molecule has 2 aromatic rings. The average molecular weight is 424 g/mol. The number of aryl methyl sites for hydroxylation is 1. The zero-order valence-corrected chi connectivity index (χ0v) is 17.9. The van der Waals surface area contributed by atoms with Crippen molar-refractivity contribution in [3.63, 3.8) is 0 Å². The van der Waals surface area contributed by atoms with Crippen LogP contribution in [0.25, 0.3) is 10.9 Å². The number of hydrogen-bond donors (Lipinski definition) is 2. The van der Waals surface area contributed by atoms with Crippen LogP contribution in [0, 0.1) is 17.8 Å². The first kappa shape index (κ1) is 20.2. The van der Waals surface area contributed by atoms with Crippen molar-refractivity contribution >= 4 is 22.8 Å². The van der Waals surface area contributed by atoms with Gasteiger partial charge in [-0.3, -0.25) is 14.4 Å². The Morgan fingerprint density at radius 3 is 2.48 bits per heavy atom. The number of aromatic nitrogens is 2. The number of amides is 1. The van der Waals surface area contributed by atoms with Crippen molar-refractivity contribution in [1.29, 1.82) is 0 Å². The Balaban J connectivity index is 1.15. The maximum Gasteiger partial charge on any atom is 0.307 e. The highest BCUT2D eigenvalue weighted by Crippen LogP contribution is 2.55. The molecule has 4 aliphatic carbocycles. The first-order valence-corrected chi connectivity index (χ1v) is 11.4. The highest BCUT2D eigenvalue weighted by Gasteiger charge is 2.51. The molecule has 0 aliphatic heterocycles. The van der Waals surface area contributed by atoms with E-state index < -0.39 is 12.1 Å². The van der Waals surface area contributed by atoms with Crippen molar-refractivity contribution in [3.05, 3.63) is 40.4 Å². The summed E-state index contributed by atoms with van der Waals surface area (Å²) in [4.78, 5) is 44.4. The van der Waals surface area contributed by atoms with Gasteiger partial charge in [-0.2, -0.15) is 0 Å². The fourth-order valence-corrected chi connectivity index (χ4v) is 6.41. The molecule has 4 saturated carbocycles. The molecule has 1 aromatic heterocycles. The number of nitrogens with zero attached hydrogens (tertiary/aromatic N) is 1. The Bertz CT molecular complexity index is 1040. The molecule has 4 bridgehead atoms. The van der Waals surface area contributed by atoms with Gasteiger partial charge in [0.05, 0.1) is 17.3 Å². The van der Waals surface area contributed by atoms with Crippen LogP contribution in [0.5, 0.6) is 0 Å². The largest absolute Gasteiger partial charge is 0.453 e. The second-order valence-electron chi connectivity index (χ2n) is 9.85. The van der Waals surface area contributed by atoms with Crippen molar-refractivity contribution in [2.45, 2.75) is 69.9 Å². The van der Waals surface area contributed by atoms with Gasteiger partial charge in [0.15, 0.2) is 6.10 Å². The van der Waals surface area contributed by atoms with E-state index in [0.717, 1.165) is 37.0 Å². The number of carbonyl (C=O) groups is 2. The number of carbonyl (C=O) groups excluding carboxylic acids is 2. The van der Waals surface area contributed by atoms with Gasteiger partial charge in [-0.05, 0) is 75.3 Å². The molecule has 0 saturated heterocycles. The van der Waals surface area contributed by atoms with Crippen LogP contribution in [0.15, 0.2) is 29.1 Å². The van der Waals surface area contributed by atoms with Crippen molar-refractivity contribution in [1.82, 2.24) is 15.3 Å². The summed E-state index contributed by atoms with van der Waals surface area (Å²) in [6.07, 6.45) is 6.59. The quantitative estimate of drug-likeness (QED) is 0.696. The van der Waals surface area contributed by atoms with E-state index in [4.69, 9.17) is 4.74 Å². The number of esters is 1. The third-order valence-electron chi connectivity index (χ3n) is 7.33.